The number of benzene rings is 2. The summed E-state index contributed by atoms with van der Waals surface area (Å²) >= 11 is 7.10. The third-order valence-corrected chi connectivity index (χ3v) is 6.51. The molecular weight excluding hydrogens is 550 g/mol. The van der Waals surface area contributed by atoms with Crippen molar-refractivity contribution in [1.29, 1.82) is 0 Å². The Morgan fingerprint density at radius 1 is 1.14 bits per heavy atom. The number of carbonyl (C=O) groups is 1. The van der Waals surface area contributed by atoms with Crippen LogP contribution in [0.15, 0.2) is 76.1 Å². The maximum Gasteiger partial charge on any atom is 0.364 e. The molecule has 0 bridgehead atoms. The molecule has 4 rings (SSSR count). The van der Waals surface area contributed by atoms with Crippen LogP contribution in [0.1, 0.15) is 24.3 Å². The normalized spacial score (nSPS) is 23.5. The third-order valence-electron chi connectivity index (χ3n) is 5.79. The molecule has 0 aliphatic carbocycles. The van der Waals surface area contributed by atoms with Crippen molar-refractivity contribution in [2.75, 3.05) is 12.3 Å². The number of nitrogen functional groups attached to an aromatic ring is 1. The molecule has 2 aromatic carbocycles. The SMILES string of the molecule is C[C@]1(COCc2ccccc2)O[C@@H](n2cc(Br)c(N)nc2=O)[C@H](OC(=O)S)[C@@H]1OCc1ccccc1. The van der Waals surface area contributed by atoms with Gasteiger partial charge in [-0.2, -0.15) is 4.98 Å². The number of nitrogens with zero attached hydrogens (tertiary/aromatic N) is 2. The van der Waals surface area contributed by atoms with Crippen LogP contribution in [0.5, 0.6) is 0 Å². The van der Waals surface area contributed by atoms with Crippen LogP contribution >= 0.6 is 28.6 Å². The van der Waals surface area contributed by atoms with Crippen molar-refractivity contribution in [3.05, 3.63) is 92.9 Å². The molecule has 3 aromatic rings. The van der Waals surface area contributed by atoms with E-state index in [1.807, 2.05) is 60.7 Å². The fourth-order valence-corrected chi connectivity index (χ4v) is 4.52. The molecule has 2 heterocycles. The van der Waals surface area contributed by atoms with Gasteiger partial charge in [0.2, 0.25) is 0 Å². The highest BCUT2D eigenvalue weighted by Crippen LogP contribution is 2.41. The van der Waals surface area contributed by atoms with Gasteiger partial charge in [-0.05, 0) is 34.0 Å². The number of halogens is 1. The monoisotopic (exact) mass is 575 g/mol. The summed E-state index contributed by atoms with van der Waals surface area (Å²) in [6.07, 6.45) is -1.46. The average Bonchev–Trinajstić information content (AvgIpc) is 3.12. The molecule has 1 fully saturated rings. The van der Waals surface area contributed by atoms with Gasteiger partial charge in [-0.25, -0.2) is 9.59 Å². The second-order valence-corrected chi connectivity index (χ2v) is 9.75. The summed E-state index contributed by atoms with van der Waals surface area (Å²) in [5.74, 6) is 0.0304. The van der Waals surface area contributed by atoms with Crippen LogP contribution in [0.3, 0.4) is 0 Å². The Morgan fingerprint density at radius 2 is 1.75 bits per heavy atom. The fourth-order valence-electron chi connectivity index (χ4n) is 4.09. The molecule has 36 heavy (non-hydrogen) atoms. The van der Waals surface area contributed by atoms with Gasteiger partial charge in [0, 0.05) is 6.20 Å². The Balaban J connectivity index is 1.65. The van der Waals surface area contributed by atoms with Crippen LogP contribution in [-0.4, -0.2) is 39.3 Å². The van der Waals surface area contributed by atoms with E-state index >= 15 is 0 Å². The molecule has 0 radical (unpaired) electrons. The van der Waals surface area contributed by atoms with Gasteiger partial charge >= 0.3 is 11.0 Å². The van der Waals surface area contributed by atoms with E-state index in [0.717, 1.165) is 11.1 Å². The van der Waals surface area contributed by atoms with E-state index in [-0.39, 0.29) is 19.0 Å². The van der Waals surface area contributed by atoms with Crippen LogP contribution in [0, 0.1) is 0 Å². The average molecular weight is 576 g/mol. The summed E-state index contributed by atoms with van der Waals surface area (Å²) in [6.45, 7) is 2.44. The summed E-state index contributed by atoms with van der Waals surface area (Å²) in [5.41, 5.74) is 5.89. The summed E-state index contributed by atoms with van der Waals surface area (Å²) in [7, 11) is 0. The molecular formula is C25H26BrN3O6S. The first-order chi connectivity index (χ1) is 17.3. The number of hydrogen-bond acceptors (Lipinski definition) is 8. The van der Waals surface area contributed by atoms with Crippen molar-refractivity contribution >= 4 is 39.7 Å². The van der Waals surface area contributed by atoms with E-state index in [1.165, 1.54) is 10.8 Å². The van der Waals surface area contributed by atoms with E-state index in [0.29, 0.717) is 11.1 Å². The summed E-state index contributed by atoms with van der Waals surface area (Å²) in [4.78, 5) is 28.6. The zero-order chi connectivity index (χ0) is 25.7. The highest BCUT2D eigenvalue weighted by molar-refractivity contribution is 9.10. The number of anilines is 1. The maximum absolute atomic E-state index is 12.7. The van der Waals surface area contributed by atoms with Gasteiger partial charge in [0.1, 0.15) is 17.5 Å². The molecule has 1 aromatic heterocycles. The molecule has 1 saturated heterocycles. The second-order valence-electron chi connectivity index (χ2n) is 8.53. The van der Waals surface area contributed by atoms with Crippen molar-refractivity contribution in [3.8, 4) is 0 Å². The van der Waals surface area contributed by atoms with Crippen LogP contribution in [0.4, 0.5) is 10.6 Å². The molecule has 0 spiro atoms. The molecule has 0 saturated carbocycles. The number of nitrogens with two attached hydrogens (primary N) is 1. The second kappa shape index (κ2) is 11.6. The van der Waals surface area contributed by atoms with Crippen LogP contribution in [-0.2, 0) is 32.2 Å². The Kier molecular flexibility index (Phi) is 8.47. The minimum atomic E-state index is -1.10. The van der Waals surface area contributed by atoms with E-state index in [2.05, 4.69) is 33.5 Å². The van der Waals surface area contributed by atoms with Crippen molar-refractivity contribution < 1.29 is 23.7 Å². The van der Waals surface area contributed by atoms with E-state index in [4.69, 9.17) is 24.7 Å². The van der Waals surface area contributed by atoms with Crippen molar-refractivity contribution in [2.45, 2.75) is 44.2 Å². The third kappa shape index (κ3) is 6.16. The lowest BCUT2D eigenvalue weighted by Gasteiger charge is -2.31. The van der Waals surface area contributed by atoms with Gasteiger partial charge in [-0.3, -0.25) is 4.57 Å². The van der Waals surface area contributed by atoms with Crippen molar-refractivity contribution in [3.63, 3.8) is 0 Å². The minimum Gasteiger partial charge on any atom is -0.447 e. The molecule has 4 atom stereocenters. The van der Waals surface area contributed by atoms with E-state index in [1.54, 1.807) is 6.92 Å². The quantitative estimate of drug-likeness (QED) is 0.289. The van der Waals surface area contributed by atoms with Gasteiger partial charge < -0.3 is 24.7 Å². The highest BCUT2D eigenvalue weighted by atomic mass is 79.9. The molecule has 0 amide bonds. The van der Waals surface area contributed by atoms with Gasteiger partial charge in [-0.1, -0.05) is 73.3 Å². The lowest BCUT2D eigenvalue weighted by Crippen LogP contribution is -2.47. The lowest BCUT2D eigenvalue weighted by atomic mass is 9.97. The standard InChI is InChI=1S/C25H26BrN3O6S/c1-25(15-32-13-16-8-4-2-5-9-16)20(33-14-17-10-6-3-7-11-17)19(34-24(31)36)22(35-25)29-12-18(26)21(27)28-23(29)30/h2-12,19-20,22H,13-15H2,1H3,(H,31,36)(H2,27,28,30)/t19-,20+,22-,25-/m1/s1. The van der Waals surface area contributed by atoms with Crippen LogP contribution in [0.25, 0.3) is 0 Å². The topological polar surface area (TPSA) is 115 Å². The number of hydrogen-bond donors (Lipinski definition) is 2. The molecule has 1 aliphatic heterocycles. The van der Waals surface area contributed by atoms with Gasteiger partial charge in [0.25, 0.3) is 0 Å². The predicted octanol–water partition coefficient (Wildman–Crippen LogP) is 4.11. The summed E-state index contributed by atoms with van der Waals surface area (Å²) in [6, 6.07) is 19.2. The molecule has 2 N–H and O–H groups in total. The Labute approximate surface area is 222 Å². The van der Waals surface area contributed by atoms with Crippen molar-refractivity contribution in [1.82, 2.24) is 9.55 Å². The Morgan fingerprint density at radius 3 is 2.36 bits per heavy atom. The van der Waals surface area contributed by atoms with Crippen LogP contribution in [0.2, 0.25) is 0 Å². The molecule has 190 valence electrons. The van der Waals surface area contributed by atoms with Gasteiger partial charge in [-0.15, -0.1) is 0 Å². The zero-order valence-corrected chi connectivity index (χ0v) is 21.9. The van der Waals surface area contributed by atoms with Gasteiger partial charge in [0.15, 0.2) is 12.3 Å². The van der Waals surface area contributed by atoms with E-state index in [9.17, 15) is 9.59 Å². The number of ether oxygens (including phenoxy) is 4. The van der Waals surface area contributed by atoms with Crippen LogP contribution < -0.4 is 11.4 Å². The van der Waals surface area contributed by atoms with Crippen molar-refractivity contribution in [2.24, 2.45) is 0 Å². The number of thiol groups is 1. The molecule has 9 nitrogen and oxygen atoms in total. The Bertz CT molecular complexity index is 1250. The summed E-state index contributed by atoms with van der Waals surface area (Å²) < 4.78 is 25.8. The minimum absolute atomic E-state index is 0.0304. The fraction of sp³-hybridized carbons (Fsp3) is 0.320. The number of rotatable bonds is 9. The predicted molar refractivity (Wildman–Crippen MR) is 140 cm³/mol. The number of aromatic nitrogens is 2. The highest BCUT2D eigenvalue weighted by Gasteiger charge is 2.56. The first kappa shape index (κ1) is 26.4. The number of carbonyl (C=O) groups excluding carboxylic acids is 1. The summed E-state index contributed by atoms with van der Waals surface area (Å²) in [5, 5.41) is -0.841. The van der Waals surface area contributed by atoms with E-state index < -0.39 is 35.0 Å². The maximum atomic E-state index is 12.7. The van der Waals surface area contributed by atoms with Gasteiger partial charge in [0.05, 0.1) is 24.3 Å². The zero-order valence-electron chi connectivity index (χ0n) is 19.5. The smallest absolute Gasteiger partial charge is 0.364 e. The molecule has 11 heteroatoms. The first-order valence-corrected chi connectivity index (χ1v) is 12.4. The Hall–Kier alpha value is -2.70. The lowest BCUT2D eigenvalue weighted by molar-refractivity contribution is -0.147. The largest absolute Gasteiger partial charge is 0.447 e. The first-order valence-electron chi connectivity index (χ1n) is 11.2. The molecule has 1 aliphatic rings. The molecule has 0 unspecified atom stereocenters.